The highest BCUT2D eigenvalue weighted by Crippen LogP contribution is 2.33. The lowest BCUT2D eigenvalue weighted by Gasteiger charge is -2.25. The summed E-state index contributed by atoms with van der Waals surface area (Å²) in [6, 6.07) is -0.227. The molecule has 3 rings (SSSR count). The van der Waals surface area contributed by atoms with E-state index in [0.29, 0.717) is 38.2 Å². The summed E-state index contributed by atoms with van der Waals surface area (Å²) in [6.45, 7) is 3.01. The Labute approximate surface area is 137 Å². The summed E-state index contributed by atoms with van der Waals surface area (Å²) in [5, 5.41) is 4.19. The van der Waals surface area contributed by atoms with Crippen molar-refractivity contribution in [3.63, 3.8) is 0 Å². The van der Waals surface area contributed by atoms with Gasteiger partial charge in [0.2, 0.25) is 5.91 Å². The van der Waals surface area contributed by atoms with Gasteiger partial charge < -0.3 is 9.80 Å². The molecule has 0 saturated carbocycles. The lowest BCUT2D eigenvalue weighted by Crippen LogP contribution is -2.44. The number of likely N-dealkylation sites (tertiary alicyclic amines) is 1. The molecular formula is C15H19F3N4O2. The standard InChI is InChI=1S/C15H19F3N4O2/c1-10(23)20-5-3-7-22-11(9-20)8-12(19-22)14(24)21-6-2-4-13(21)15(16,17)18/h8,13H,2-7,9H2,1H3/t13-/m1/s1. The highest BCUT2D eigenvalue weighted by molar-refractivity contribution is 5.93. The fraction of sp³-hybridized carbons (Fsp3) is 0.667. The first kappa shape index (κ1) is 16.8. The molecule has 0 radical (unpaired) electrons. The number of nitrogens with zero attached hydrogens (tertiary/aromatic N) is 4. The van der Waals surface area contributed by atoms with Gasteiger partial charge in [0, 0.05) is 26.6 Å². The van der Waals surface area contributed by atoms with Gasteiger partial charge in [-0.1, -0.05) is 0 Å². The molecule has 1 aromatic rings. The van der Waals surface area contributed by atoms with Gasteiger partial charge in [0.05, 0.1) is 12.2 Å². The fourth-order valence-corrected chi connectivity index (χ4v) is 3.33. The second-order valence-corrected chi connectivity index (χ2v) is 6.24. The molecule has 3 heterocycles. The summed E-state index contributed by atoms with van der Waals surface area (Å²) in [5.74, 6) is -0.765. The van der Waals surface area contributed by atoms with Crippen LogP contribution in [0.1, 0.15) is 42.4 Å². The minimum atomic E-state index is -4.42. The second kappa shape index (κ2) is 6.10. The largest absolute Gasteiger partial charge is 0.408 e. The van der Waals surface area contributed by atoms with E-state index in [1.165, 1.54) is 13.0 Å². The maximum Gasteiger partial charge on any atom is 0.408 e. The van der Waals surface area contributed by atoms with Crippen LogP contribution < -0.4 is 0 Å². The first-order valence-electron chi connectivity index (χ1n) is 7.97. The maximum atomic E-state index is 13.0. The SMILES string of the molecule is CC(=O)N1CCCn2nc(C(=O)N3CCC[C@@H]3C(F)(F)F)cc2C1. The average Bonchev–Trinajstić information content (AvgIpc) is 3.09. The van der Waals surface area contributed by atoms with E-state index in [9.17, 15) is 22.8 Å². The number of alkyl halides is 3. The smallest absolute Gasteiger partial charge is 0.337 e. The van der Waals surface area contributed by atoms with Crippen molar-refractivity contribution < 1.29 is 22.8 Å². The number of carbonyl (C=O) groups excluding carboxylic acids is 2. The van der Waals surface area contributed by atoms with Gasteiger partial charge in [-0.25, -0.2) is 0 Å². The first-order valence-corrected chi connectivity index (χ1v) is 7.97. The summed E-state index contributed by atoms with van der Waals surface area (Å²) < 4.78 is 40.8. The Hall–Kier alpha value is -2.06. The van der Waals surface area contributed by atoms with E-state index in [4.69, 9.17) is 0 Å². The third-order valence-corrected chi connectivity index (χ3v) is 4.57. The molecule has 132 valence electrons. The molecule has 1 atom stereocenters. The number of rotatable bonds is 1. The number of fused-ring (bicyclic) bond motifs is 1. The Morgan fingerprint density at radius 1 is 1.21 bits per heavy atom. The molecule has 0 aliphatic carbocycles. The molecule has 1 fully saturated rings. The van der Waals surface area contributed by atoms with Crippen LogP contribution in [0.25, 0.3) is 0 Å². The molecule has 24 heavy (non-hydrogen) atoms. The zero-order valence-corrected chi connectivity index (χ0v) is 13.3. The third kappa shape index (κ3) is 3.11. The third-order valence-electron chi connectivity index (χ3n) is 4.57. The number of hydrogen-bond donors (Lipinski definition) is 0. The Bertz CT molecular complexity index is 656. The highest BCUT2D eigenvalue weighted by Gasteiger charge is 2.48. The Morgan fingerprint density at radius 2 is 1.96 bits per heavy atom. The Balaban J connectivity index is 1.82. The van der Waals surface area contributed by atoms with Gasteiger partial charge in [0.25, 0.3) is 5.91 Å². The van der Waals surface area contributed by atoms with Crippen molar-refractivity contribution in [1.82, 2.24) is 19.6 Å². The van der Waals surface area contributed by atoms with Crippen LogP contribution in [0.4, 0.5) is 13.2 Å². The molecule has 0 N–H and O–H groups in total. The summed E-state index contributed by atoms with van der Waals surface area (Å²) in [7, 11) is 0. The van der Waals surface area contributed by atoms with Gasteiger partial charge in [-0.05, 0) is 25.3 Å². The molecule has 2 amide bonds. The number of aromatic nitrogens is 2. The lowest BCUT2D eigenvalue weighted by molar-refractivity contribution is -0.169. The van der Waals surface area contributed by atoms with Crippen molar-refractivity contribution in [1.29, 1.82) is 0 Å². The van der Waals surface area contributed by atoms with E-state index in [1.807, 2.05) is 0 Å². The van der Waals surface area contributed by atoms with Gasteiger partial charge in [0.1, 0.15) is 6.04 Å². The lowest BCUT2D eigenvalue weighted by atomic mass is 10.2. The molecule has 0 unspecified atom stereocenters. The summed E-state index contributed by atoms with van der Waals surface area (Å²) in [5.41, 5.74) is 0.695. The summed E-state index contributed by atoms with van der Waals surface area (Å²) >= 11 is 0. The second-order valence-electron chi connectivity index (χ2n) is 6.24. The molecule has 6 nitrogen and oxygen atoms in total. The molecule has 2 aliphatic heterocycles. The van der Waals surface area contributed by atoms with Crippen molar-refractivity contribution in [2.45, 2.75) is 51.5 Å². The predicted molar refractivity (Wildman–Crippen MR) is 78.0 cm³/mol. The monoisotopic (exact) mass is 344 g/mol. The molecule has 2 aliphatic rings. The molecule has 9 heteroatoms. The topological polar surface area (TPSA) is 58.4 Å². The van der Waals surface area contributed by atoms with Gasteiger partial charge >= 0.3 is 6.18 Å². The van der Waals surface area contributed by atoms with Crippen molar-refractivity contribution in [2.75, 3.05) is 13.1 Å². The number of hydrogen-bond acceptors (Lipinski definition) is 3. The van der Waals surface area contributed by atoms with E-state index in [0.717, 1.165) is 4.90 Å². The van der Waals surface area contributed by atoms with Crippen LogP contribution in [0.3, 0.4) is 0 Å². The Morgan fingerprint density at radius 3 is 2.62 bits per heavy atom. The number of carbonyl (C=O) groups is 2. The molecule has 1 aromatic heterocycles. The minimum Gasteiger partial charge on any atom is -0.337 e. The average molecular weight is 344 g/mol. The highest BCUT2D eigenvalue weighted by atomic mass is 19.4. The van der Waals surface area contributed by atoms with Crippen LogP contribution in [0, 0.1) is 0 Å². The van der Waals surface area contributed by atoms with Crippen molar-refractivity contribution in [2.24, 2.45) is 0 Å². The van der Waals surface area contributed by atoms with Crippen LogP contribution in [-0.4, -0.2) is 56.7 Å². The van der Waals surface area contributed by atoms with Crippen molar-refractivity contribution in [3.05, 3.63) is 17.5 Å². The molecule has 0 bridgehead atoms. The van der Waals surface area contributed by atoms with Crippen LogP contribution >= 0.6 is 0 Å². The summed E-state index contributed by atoms with van der Waals surface area (Å²) in [4.78, 5) is 26.6. The summed E-state index contributed by atoms with van der Waals surface area (Å²) in [6.07, 6.45) is -3.46. The zero-order valence-electron chi connectivity index (χ0n) is 13.3. The fourth-order valence-electron chi connectivity index (χ4n) is 3.33. The normalized spacial score (nSPS) is 21.6. The van der Waals surface area contributed by atoms with E-state index < -0.39 is 18.1 Å². The Kier molecular flexibility index (Phi) is 4.27. The number of halogens is 3. The van der Waals surface area contributed by atoms with E-state index >= 15 is 0 Å². The van der Waals surface area contributed by atoms with Gasteiger partial charge in [-0.2, -0.15) is 18.3 Å². The molecular weight excluding hydrogens is 325 g/mol. The maximum absolute atomic E-state index is 13.0. The van der Waals surface area contributed by atoms with E-state index in [1.54, 1.807) is 9.58 Å². The van der Waals surface area contributed by atoms with Crippen LogP contribution in [0.2, 0.25) is 0 Å². The number of aryl methyl sites for hydroxylation is 1. The van der Waals surface area contributed by atoms with E-state index in [-0.39, 0.29) is 24.6 Å². The van der Waals surface area contributed by atoms with E-state index in [2.05, 4.69) is 5.10 Å². The molecule has 0 spiro atoms. The van der Waals surface area contributed by atoms with Gasteiger partial charge in [-0.15, -0.1) is 0 Å². The minimum absolute atomic E-state index is 0.0200. The van der Waals surface area contributed by atoms with Gasteiger partial charge in [0.15, 0.2) is 5.69 Å². The van der Waals surface area contributed by atoms with Crippen LogP contribution in [0.5, 0.6) is 0 Å². The van der Waals surface area contributed by atoms with Crippen molar-refractivity contribution in [3.8, 4) is 0 Å². The number of amides is 2. The van der Waals surface area contributed by atoms with Crippen LogP contribution in [-0.2, 0) is 17.9 Å². The molecule has 1 saturated heterocycles. The van der Waals surface area contributed by atoms with Crippen LogP contribution in [0.15, 0.2) is 6.07 Å². The first-order chi connectivity index (χ1) is 11.3. The van der Waals surface area contributed by atoms with Gasteiger partial charge in [-0.3, -0.25) is 14.3 Å². The molecule has 0 aromatic carbocycles. The quantitative estimate of drug-likeness (QED) is 0.781. The van der Waals surface area contributed by atoms with Crippen molar-refractivity contribution >= 4 is 11.8 Å². The predicted octanol–water partition coefficient (Wildman–Crippen LogP) is 1.80. The zero-order chi connectivity index (χ0) is 17.5.